The molecule has 2 aromatic rings. The van der Waals surface area contributed by atoms with Gasteiger partial charge in [0.2, 0.25) is 0 Å². The molecule has 1 amide bonds. The van der Waals surface area contributed by atoms with Crippen molar-refractivity contribution in [2.75, 3.05) is 27.2 Å². The molecular weight excluding hydrogens is 294 g/mol. The van der Waals surface area contributed by atoms with Crippen LogP contribution in [0.15, 0.2) is 41.0 Å². The van der Waals surface area contributed by atoms with Gasteiger partial charge in [-0.25, -0.2) is 0 Å². The van der Waals surface area contributed by atoms with Crippen molar-refractivity contribution in [1.29, 1.82) is 0 Å². The Morgan fingerprint density at radius 2 is 2.17 bits per heavy atom. The van der Waals surface area contributed by atoms with Crippen LogP contribution in [0.5, 0.6) is 5.75 Å². The topological polar surface area (TPSA) is 80.7 Å². The number of furan rings is 1. The molecule has 2 rings (SSSR count). The second kappa shape index (κ2) is 8.36. The summed E-state index contributed by atoms with van der Waals surface area (Å²) < 4.78 is 10.8. The molecular formula is C17H23N3O3. The second-order valence-electron chi connectivity index (χ2n) is 5.49. The molecule has 0 unspecified atom stereocenters. The van der Waals surface area contributed by atoms with Crippen molar-refractivity contribution in [3.63, 3.8) is 0 Å². The van der Waals surface area contributed by atoms with Crippen molar-refractivity contribution in [1.82, 2.24) is 10.2 Å². The molecule has 6 heteroatoms. The van der Waals surface area contributed by atoms with Gasteiger partial charge in [-0.1, -0.05) is 12.1 Å². The zero-order valence-corrected chi connectivity index (χ0v) is 13.5. The first kappa shape index (κ1) is 17.1. The first-order valence-corrected chi connectivity index (χ1v) is 7.50. The quantitative estimate of drug-likeness (QED) is 0.773. The van der Waals surface area contributed by atoms with E-state index >= 15 is 0 Å². The van der Waals surface area contributed by atoms with Gasteiger partial charge in [-0.05, 0) is 37.9 Å². The van der Waals surface area contributed by atoms with Gasteiger partial charge in [-0.2, -0.15) is 0 Å². The number of nitrogens with zero attached hydrogens (tertiary/aromatic N) is 1. The summed E-state index contributed by atoms with van der Waals surface area (Å²) in [7, 11) is 4.00. The molecule has 1 heterocycles. The minimum absolute atomic E-state index is 0.188. The molecule has 124 valence electrons. The van der Waals surface area contributed by atoms with Crippen LogP contribution < -0.4 is 15.8 Å². The molecule has 0 bridgehead atoms. The highest BCUT2D eigenvalue weighted by Gasteiger charge is 2.09. The van der Waals surface area contributed by atoms with E-state index in [4.69, 9.17) is 14.9 Å². The summed E-state index contributed by atoms with van der Waals surface area (Å²) in [5.41, 5.74) is 6.91. The Morgan fingerprint density at radius 1 is 1.35 bits per heavy atom. The van der Waals surface area contributed by atoms with E-state index in [0.29, 0.717) is 24.5 Å². The first-order chi connectivity index (χ1) is 11.1. The van der Waals surface area contributed by atoms with E-state index in [1.165, 1.54) is 6.26 Å². The maximum absolute atomic E-state index is 12.0. The number of ether oxygens (including phenoxy) is 1. The number of carbonyl (C=O) groups excluding carboxylic acids is 1. The number of amides is 1. The fraction of sp³-hybridized carbons (Fsp3) is 0.353. The lowest BCUT2D eigenvalue weighted by atomic mass is 10.2. The van der Waals surface area contributed by atoms with Gasteiger partial charge >= 0.3 is 0 Å². The average Bonchev–Trinajstić information content (AvgIpc) is 3.02. The lowest BCUT2D eigenvalue weighted by Crippen LogP contribution is -2.22. The van der Waals surface area contributed by atoms with Crippen molar-refractivity contribution in [2.24, 2.45) is 5.73 Å². The molecule has 1 aromatic heterocycles. The van der Waals surface area contributed by atoms with Gasteiger partial charge in [0.25, 0.3) is 5.91 Å². The Balaban J connectivity index is 1.86. The third-order valence-corrected chi connectivity index (χ3v) is 3.28. The number of nitrogens with two attached hydrogens (primary N) is 1. The van der Waals surface area contributed by atoms with Gasteiger partial charge in [0.1, 0.15) is 24.4 Å². The molecule has 0 radical (unpaired) electrons. The zero-order valence-electron chi connectivity index (χ0n) is 13.5. The van der Waals surface area contributed by atoms with Gasteiger partial charge in [-0.15, -0.1) is 0 Å². The smallest absolute Gasteiger partial charge is 0.254 e. The number of carbonyl (C=O) groups is 1. The Labute approximate surface area is 136 Å². The molecule has 0 aliphatic rings. The first-order valence-electron chi connectivity index (χ1n) is 7.50. The fourth-order valence-corrected chi connectivity index (χ4v) is 1.98. The monoisotopic (exact) mass is 317 g/mol. The van der Waals surface area contributed by atoms with Crippen LogP contribution in [0.4, 0.5) is 0 Å². The SMILES string of the molecule is CN(C)CCOc1cccc(CNC(=O)c2coc(CN)c2)c1. The normalized spacial score (nSPS) is 10.8. The average molecular weight is 317 g/mol. The molecule has 0 atom stereocenters. The van der Waals surface area contributed by atoms with Crippen molar-refractivity contribution in [3.8, 4) is 5.75 Å². The summed E-state index contributed by atoms with van der Waals surface area (Å²) in [6.45, 7) is 2.18. The number of hydrogen-bond acceptors (Lipinski definition) is 5. The van der Waals surface area contributed by atoms with E-state index in [1.807, 2.05) is 38.4 Å². The zero-order chi connectivity index (χ0) is 16.7. The molecule has 0 fully saturated rings. The number of likely N-dealkylation sites (N-methyl/N-ethyl adjacent to an activating group) is 1. The van der Waals surface area contributed by atoms with E-state index < -0.39 is 0 Å². The lowest BCUT2D eigenvalue weighted by molar-refractivity contribution is 0.0950. The summed E-state index contributed by atoms with van der Waals surface area (Å²) in [4.78, 5) is 14.1. The Kier molecular flexibility index (Phi) is 6.19. The Bertz CT molecular complexity index is 638. The van der Waals surface area contributed by atoms with Crippen LogP contribution in [0.3, 0.4) is 0 Å². The highest BCUT2D eigenvalue weighted by molar-refractivity contribution is 5.93. The number of nitrogens with one attached hydrogen (secondary N) is 1. The van der Waals surface area contributed by atoms with Crippen LogP contribution in [-0.4, -0.2) is 38.1 Å². The van der Waals surface area contributed by atoms with E-state index in [9.17, 15) is 4.79 Å². The maximum atomic E-state index is 12.0. The lowest BCUT2D eigenvalue weighted by Gasteiger charge is -2.12. The molecule has 6 nitrogen and oxygen atoms in total. The van der Waals surface area contributed by atoms with Gasteiger partial charge in [0, 0.05) is 13.1 Å². The molecule has 0 aliphatic heterocycles. The van der Waals surface area contributed by atoms with Crippen molar-refractivity contribution >= 4 is 5.91 Å². The van der Waals surface area contributed by atoms with E-state index in [2.05, 4.69) is 10.2 Å². The summed E-state index contributed by atoms with van der Waals surface area (Å²) in [5.74, 6) is 1.20. The number of rotatable bonds is 8. The van der Waals surface area contributed by atoms with Crippen molar-refractivity contribution in [3.05, 3.63) is 53.5 Å². The fourth-order valence-electron chi connectivity index (χ4n) is 1.98. The van der Waals surface area contributed by atoms with Crippen LogP contribution in [0, 0.1) is 0 Å². The number of hydrogen-bond donors (Lipinski definition) is 2. The minimum Gasteiger partial charge on any atom is -0.492 e. The molecule has 0 spiro atoms. The largest absolute Gasteiger partial charge is 0.492 e. The van der Waals surface area contributed by atoms with Gasteiger partial charge in [-0.3, -0.25) is 4.79 Å². The van der Waals surface area contributed by atoms with E-state index in [0.717, 1.165) is 17.9 Å². The van der Waals surface area contributed by atoms with Crippen LogP contribution in [-0.2, 0) is 13.1 Å². The highest BCUT2D eigenvalue weighted by atomic mass is 16.5. The summed E-state index contributed by atoms with van der Waals surface area (Å²) in [5, 5.41) is 2.85. The van der Waals surface area contributed by atoms with E-state index in [-0.39, 0.29) is 12.5 Å². The molecule has 1 aromatic carbocycles. The highest BCUT2D eigenvalue weighted by Crippen LogP contribution is 2.13. The summed E-state index contributed by atoms with van der Waals surface area (Å²) >= 11 is 0. The van der Waals surface area contributed by atoms with Crippen LogP contribution in [0.25, 0.3) is 0 Å². The minimum atomic E-state index is -0.188. The van der Waals surface area contributed by atoms with Gasteiger partial charge in [0.15, 0.2) is 0 Å². The standard InChI is InChI=1S/C17H23N3O3/c1-20(2)6-7-22-15-5-3-4-13(8-15)11-19-17(21)14-9-16(10-18)23-12-14/h3-5,8-9,12H,6-7,10-11,18H2,1-2H3,(H,19,21). The van der Waals surface area contributed by atoms with Crippen LogP contribution >= 0.6 is 0 Å². The van der Waals surface area contributed by atoms with Crippen molar-refractivity contribution < 1.29 is 13.9 Å². The number of benzene rings is 1. The summed E-state index contributed by atoms with van der Waals surface area (Å²) in [6.07, 6.45) is 1.41. The molecule has 3 N–H and O–H groups in total. The third-order valence-electron chi connectivity index (χ3n) is 3.28. The maximum Gasteiger partial charge on any atom is 0.254 e. The second-order valence-corrected chi connectivity index (χ2v) is 5.49. The third kappa shape index (κ3) is 5.43. The predicted molar refractivity (Wildman–Crippen MR) is 88.3 cm³/mol. The van der Waals surface area contributed by atoms with E-state index in [1.54, 1.807) is 6.07 Å². The molecule has 0 saturated heterocycles. The van der Waals surface area contributed by atoms with Crippen LogP contribution in [0.2, 0.25) is 0 Å². The van der Waals surface area contributed by atoms with Gasteiger partial charge < -0.3 is 25.1 Å². The van der Waals surface area contributed by atoms with Crippen LogP contribution in [0.1, 0.15) is 21.7 Å². The van der Waals surface area contributed by atoms with Gasteiger partial charge in [0.05, 0.1) is 12.1 Å². The predicted octanol–water partition coefficient (Wildman–Crippen LogP) is 1.61. The Hall–Kier alpha value is -2.31. The van der Waals surface area contributed by atoms with Crippen molar-refractivity contribution in [2.45, 2.75) is 13.1 Å². The molecule has 23 heavy (non-hydrogen) atoms. The molecule has 0 aliphatic carbocycles. The molecule has 0 saturated carbocycles. The summed E-state index contributed by atoms with van der Waals surface area (Å²) in [6, 6.07) is 9.34. The Morgan fingerprint density at radius 3 is 2.87 bits per heavy atom.